The van der Waals surface area contributed by atoms with Crippen molar-refractivity contribution < 1.29 is 0 Å². The van der Waals surface area contributed by atoms with Gasteiger partial charge >= 0.3 is 0 Å². The molecule has 0 aromatic heterocycles. The molecule has 0 saturated carbocycles. The molecule has 0 amide bonds. The molecule has 14 heavy (non-hydrogen) atoms. The first-order valence-corrected chi connectivity index (χ1v) is 4.71. The van der Waals surface area contributed by atoms with E-state index in [9.17, 15) is 0 Å². The van der Waals surface area contributed by atoms with Gasteiger partial charge in [-0.3, -0.25) is 0 Å². The fraction of sp³-hybridized carbons (Fsp3) is 0.286. The highest BCUT2D eigenvalue weighted by molar-refractivity contribution is 5.33. The first kappa shape index (κ1) is 10.4. The highest BCUT2D eigenvalue weighted by Crippen LogP contribution is 2.19. The van der Waals surface area contributed by atoms with Crippen LogP contribution in [0.15, 0.2) is 24.3 Å². The maximum Gasteiger partial charge on any atom is 0.0421 e. The summed E-state index contributed by atoms with van der Waals surface area (Å²) in [7, 11) is 0. The molecule has 0 aliphatic rings. The lowest BCUT2D eigenvalue weighted by Gasteiger charge is -2.07. The fourth-order valence-corrected chi connectivity index (χ4v) is 1.27. The zero-order valence-corrected chi connectivity index (χ0v) is 8.62. The molecule has 0 heteroatoms. The molecule has 2 unspecified atom stereocenters. The van der Waals surface area contributed by atoms with Crippen molar-refractivity contribution in [1.29, 1.82) is 0 Å². The average Bonchev–Trinajstić information content (AvgIpc) is 2.27. The Balaban J connectivity index is 2.91. The Morgan fingerprint density at radius 3 is 1.36 bits per heavy atom. The van der Waals surface area contributed by atoms with Gasteiger partial charge in [-0.25, -0.2) is 0 Å². The lowest BCUT2D eigenvalue weighted by molar-refractivity contribution is 0.976. The Bertz CT molecular complexity index is 331. The SMILES string of the molecule is C#CC(C)c1ccc(C(C)C#C)cc1. The minimum absolute atomic E-state index is 0.171. The molecule has 1 aromatic carbocycles. The average molecular weight is 182 g/mol. The molecule has 70 valence electrons. The van der Waals surface area contributed by atoms with Gasteiger partial charge < -0.3 is 0 Å². The summed E-state index contributed by atoms with van der Waals surface area (Å²) in [4.78, 5) is 0. The van der Waals surface area contributed by atoms with Crippen LogP contribution in [-0.4, -0.2) is 0 Å². The fourth-order valence-electron chi connectivity index (χ4n) is 1.27. The third kappa shape index (κ3) is 2.18. The molecule has 0 heterocycles. The van der Waals surface area contributed by atoms with Crippen LogP contribution in [0.2, 0.25) is 0 Å². The molecule has 0 aliphatic carbocycles. The van der Waals surface area contributed by atoms with Crippen molar-refractivity contribution in [2.45, 2.75) is 25.7 Å². The van der Waals surface area contributed by atoms with E-state index in [1.165, 1.54) is 11.1 Å². The van der Waals surface area contributed by atoms with Gasteiger partial charge in [0.25, 0.3) is 0 Å². The van der Waals surface area contributed by atoms with Crippen molar-refractivity contribution in [3.8, 4) is 24.7 Å². The second kappa shape index (κ2) is 4.54. The van der Waals surface area contributed by atoms with E-state index in [2.05, 4.69) is 11.8 Å². The maximum atomic E-state index is 5.35. The summed E-state index contributed by atoms with van der Waals surface area (Å²) in [5, 5.41) is 0. The van der Waals surface area contributed by atoms with Crippen LogP contribution in [0.3, 0.4) is 0 Å². The van der Waals surface area contributed by atoms with Crippen LogP contribution in [0.4, 0.5) is 0 Å². The zero-order chi connectivity index (χ0) is 10.6. The van der Waals surface area contributed by atoms with Crippen molar-refractivity contribution >= 4 is 0 Å². The van der Waals surface area contributed by atoms with Crippen LogP contribution in [0.25, 0.3) is 0 Å². The van der Waals surface area contributed by atoms with Crippen LogP contribution in [0.1, 0.15) is 36.8 Å². The summed E-state index contributed by atoms with van der Waals surface area (Å²) < 4.78 is 0. The Hall–Kier alpha value is -1.66. The topological polar surface area (TPSA) is 0 Å². The molecule has 0 spiro atoms. The molecule has 0 nitrogen and oxygen atoms in total. The highest BCUT2D eigenvalue weighted by atomic mass is 14.1. The van der Waals surface area contributed by atoms with Gasteiger partial charge in [0.2, 0.25) is 0 Å². The van der Waals surface area contributed by atoms with Crippen molar-refractivity contribution in [3.05, 3.63) is 35.4 Å². The summed E-state index contributed by atoms with van der Waals surface area (Å²) in [5.41, 5.74) is 2.33. The second-order valence-electron chi connectivity index (χ2n) is 3.44. The van der Waals surface area contributed by atoms with Crippen molar-refractivity contribution in [1.82, 2.24) is 0 Å². The lowest BCUT2D eigenvalue weighted by Crippen LogP contribution is -1.92. The predicted molar refractivity (Wildman–Crippen MR) is 60.9 cm³/mol. The maximum absolute atomic E-state index is 5.35. The molecule has 0 saturated heterocycles. The summed E-state index contributed by atoms with van der Waals surface area (Å²) in [5.74, 6) is 5.75. The monoisotopic (exact) mass is 182 g/mol. The quantitative estimate of drug-likeness (QED) is 0.616. The summed E-state index contributed by atoms with van der Waals surface area (Å²) in [6, 6.07) is 8.20. The van der Waals surface area contributed by atoms with E-state index < -0.39 is 0 Å². The smallest absolute Gasteiger partial charge is 0.0421 e. The van der Waals surface area contributed by atoms with Gasteiger partial charge in [0, 0.05) is 11.8 Å². The van der Waals surface area contributed by atoms with E-state index in [4.69, 9.17) is 12.8 Å². The van der Waals surface area contributed by atoms with Crippen LogP contribution < -0.4 is 0 Å². The molecular weight excluding hydrogens is 168 g/mol. The minimum atomic E-state index is 0.171. The van der Waals surface area contributed by atoms with Gasteiger partial charge in [-0.1, -0.05) is 36.1 Å². The third-order valence-corrected chi connectivity index (χ3v) is 2.44. The molecule has 0 aliphatic heterocycles. The Kier molecular flexibility index (Phi) is 3.38. The minimum Gasteiger partial charge on any atom is -0.119 e. The van der Waals surface area contributed by atoms with E-state index in [-0.39, 0.29) is 11.8 Å². The van der Waals surface area contributed by atoms with Crippen LogP contribution in [0.5, 0.6) is 0 Å². The standard InChI is InChI=1S/C14H14/c1-5-11(3)13-7-9-14(10-8-13)12(4)6-2/h1-2,7-12H,3-4H3. The number of terminal acetylenes is 2. The third-order valence-electron chi connectivity index (χ3n) is 2.44. The van der Waals surface area contributed by atoms with Gasteiger partial charge in [-0.15, -0.1) is 12.8 Å². The largest absolute Gasteiger partial charge is 0.119 e. The number of benzene rings is 1. The zero-order valence-electron chi connectivity index (χ0n) is 8.62. The summed E-state index contributed by atoms with van der Waals surface area (Å²) in [6.45, 7) is 4.03. The van der Waals surface area contributed by atoms with E-state index >= 15 is 0 Å². The van der Waals surface area contributed by atoms with Crippen LogP contribution >= 0.6 is 0 Å². The van der Waals surface area contributed by atoms with Gasteiger partial charge in [0.1, 0.15) is 0 Å². The molecule has 0 N–H and O–H groups in total. The Labute approximate surface area is 86.3 Å². The van der Waals surface area contributed by atoms with Crippen molar-refractivity contribution in [3.63, 3.8) is 0 Å². The van der Waals surface area contributed by atoms with E-state index in [1.54, 1.807) is 0 Å². The van der Waals surface area contributed by atoms with Crippen molar-refractivity contribution in [2.75, 3.05) is 0 Å². The molecule has 0 bridgehead atoms. The number of rotatable bonds is 2. The van der Waals surface area contributed by atoms with Crippen molar-refractivity contribution in [2.24, 2.45) is 0 Å². The first-order chi connectivity index (χ1) is 6.69. The number of hydrogen-bond acceptors (Lipinski definition) is 0. The Morgan fingerprint density at radius 1 is 0.857 bits per heavy atom. The first-order valence-electron chi connectivity index (χ1n) is 4.71. The Morgan fingerprint density at radius 2 is 1.14 bits per heavy atom. The summed E-state index contributed by atoms with van der Waals surface area (Å²) in [6.07, 6.45) is 10.7. The van der Waals surface area contributed by atoms with Gasteiger partial charge in [0.15, 0.2) is 0 Å². The van der Waals surface area contributed by atoms with Gasteiger partial charge in [-0.2, -0.15) is 0 Å². The predicted octanol–water partition coefficient (Wildman–Crippen LogP) is 3.16. The van der Waals surface area contributed by atoms with Crippen LogP contribution in [-0.2, 0) is 0 Å². The molecule has 1 aromatic rings. The van der Waals surface area contributed by atoms with Gasteiger partial charge in [0.05, 0.1) is 0 Å². The molecule has 0 fully saturated rings. The van der Waals surface area contributed by atoms with Crippen LogP contribution in [0, 0.1) is 24.7 Å². The molecule has 1 rings (SSSR count). The highest BCUT2D eigenvalue weighted by Gasteiger charge is 2.03. The van der Waals surface area contributed by atoms with E-state index in [1.807, 2.05) is 38.1 Å². The normalized spacial score (nSPS) is 13.7. The van der Waals surface area contributed by atoms with E-state index in [0.717, 1.165) is 0 Å². The molecular formula is C14H14. The lowest BCUT2D eigenvalue weighted by atomic mass is 9.96. The second-order valence-corrected chi connectivity index (χ2v) is 3.44. The molecule has 2 atom stereocenters. The summed E-state index contributed by atoms with van der Waals surface area (Å²) >= 11 is 0. The molecule has 0 radical (unpaired) electrons. The number of hydrogen-bond donors (Lipinski definition) is 0. The van der Waals surface area contributed by atoms with E-state index in [0.29, 0.717) is 0 Å². The van der Waals surface area contributed by atoms with Gasteiger partial charge in [-0.05, 0) is 25.0 Å².